The Hall–Kier alpha value is -1.49. The molecule has 1 N–H and O–H groups in total. The molecule has 1 amide bonds. The van der Waals surface area contributed by atoms with Crippen molar-refractivity contribution in [3.05, 3.63) is 29.8 Å². The maximum absolute atomic E-state index is 11.2. The number of alkyl carbamates (subject to hydrolysis) is 1. The average molecular weight is 251 g/mol. The van der Waals surface area contributed by atoms with Crippen molar-refractivity contribution >= 4 is 23.6 Å². The summed E-state index contributed by atoms with van der Waals surface area (Å²) in [5.74, 6) is 0.751. The van der Waals surface area contributed by atoms with Crippen molar-refractivity contribution < 1.29 is 14.3 Å². The van der Waals surface area contributed by atoms with Gasteiger partial charge in [0.15, 0.2) is 5.78 Å². The molecule has 1 atom stereocenters. The molecular formula is C12H13NO3S. The average Bonchev–Trinajstić information content (AvgIpc) is 2.73. The molecule has 0 bridgehead atoms. The van der Waals surface area contributed by atoms with Crippen molar-refractivity contribution in [2.24, 2.45) is 0 Å². The van der Waals surface area contributed by atoms with Gasteiger partial charge in [0.25, 0.3) is 0 Å². The molecule has 2 rings (SSSR count). The summed E-state index contributed by atoms with van der Waals surface area (Å²) in [6.45, 7) is 2.10. The third-order valence-corrected chi connectivity index (χ3v) is 3.55. The van der Waals surface area contributed by atoms with E-state index in [2.05, 4.69) is 5.32 Å². The van der Waals surface area contributed by atoms with Crippen molar-refractivity contribution in [1.29, 1.82) is 0 Å². The molecule has 1 unspecified atom stereocenters. The molecule has 1 aliphatic heterocycles. The molecule has 5 heteroatoms. The molecule has 1 aromatic rings. The molecule has 1 saturated heterocycles. The summed E-state index contributed by atoms with van der Waals surface area (Å²) in [6, 6.07) is 7.46. The largest absolute Gasteiger partial charge is 0.443 e. The van der Waals surface area contributed by atoms with E-state index in [-0.39, 0.29) is 18.0 Å². The number of amides is 1. The van der Waals surface area contributed by atoms with E-state index in [0.29, 0.717) is 17.9 Å². The summed E-state index contributed by atoms with van der Waals surface area (Å²) in [5.41, 5.74) is 0.705. The Morgan fingerprint density at radius 2 is 2.41 bits per heavy atom. The van der Waals surface area contributed by atoms with E-state index < -0.39 is 0 Å². The molecule has 0 aliphatic carbocycles. The Bertz CT molecular complexity index is 447. The lowest BCUT2D eigenvalue weighted by molar-refractivity contribution is 0.101. The van der Waals surface area contributed by atoms with Gasteiger partial charge in [-0.3, -0.25) is 4.79 Å². The molecular weight excluding hydrogens is 238 g/mol. The zero-order chi connectivity index (χ0) is 12.3. The fourth-order valence-corrected chi connectivity index (χ4v) is 2.47. The van der Waals surface area contributed by atoms with Crippen LogP contribution >= 0.6 is 11.8 Å². The van der Waals surface area contributed by atoms with E-state index in [9.17, 15) is 9.59 Å². The fourth-order valence-electron chi connectivity index (χ4n) is 1.52. The Morgan fingerprint density at radius 3 is 3.06 bits per heavy atom. The highest BCUT2D eigenvalue weighted by Gasteiger charge is 2.22. The van der Waals surface area contributed by atoms with Crippen LogP contribution in [0.5, 0.6) is 0 Å². The number of benzene rings is 1. The minimum Gasteiger partial charge on any atom is -0.443 e. The van der Waals surface area contributed by atoms with E-state index in [0.717, 1.165) is 4.90 Å². The van der Waals surface area contributed by atoms with Crippen molar-refractivity contribution in [3.63, 3.8) is 0 Å². The number of nitrogens with one attached hydrogen (secondary N) is 1. The Kier molecular flexibility index (Phi) is 3.68. The number of hydrogen-bond acceptors (Lipinski definition) is 4. The Labute approximate surface area is 104 Å². The maximum atomic E-state index is 11.2. The van der Waals surface area contributed by atoms with Crippen LogP contribution in [0.3, 0.4) is 0 Å². The molecule has 0 spiro atoms. The normalized spacial score (nSPS) is 18.6. The molecule has 1 heterocycles. The number of cyclic esters (lactones) is 1. The monoisotopic (exact) mass is 251 g/mol. The van der Waals surface area contributed by atoms with Crippen LogP contribution in [-0.4, -0.2) is 30.3 Å². The van der Waals surface area contributed by atoms with Crippen LogP contribution in [0.15, 0.2) is 29.2 Å². The number of carbonyl (C=O) groups is 2. The predicted octanol–water partition coefficient (Wildman–Crippen LogP) is 2.09. The van der Waals surface area contributed by atoms with Gasteiger partial charge in [0, 0.05) is 16.2 Å². The molecule has 4 nitrogen and oxygen atoms in total. The summed E-state index contributed by atoms with van der Waals surface area (Å²) in [7, 11) is 0. The Morgan fingerprint density at radius 1 is 1.59 bits per heavy atom. The fraction of sp³-hybridized carbons (Fsp3) is 0.333. The SMILES string of the molecule is CC(=O)c1cccc(SCC2CNC(=O)O2)c1. The van der Waals surface area contributed by atoms with Crippen LogP contribution in [-0.2, 0) is 4.74 Å². The predicted molar refractivity (Wildman–Crippen MR) is 65.4 cm³/mol. The first-order valence-electron chi connectivity index (χ1n) is 5.33. The maximum Gasteiger partial charge on any atom is 0.407 e. The van der Waals surface area contributed by atoms with E-state index in [1.54, 1.807) is 24.8 Å². The number of thioether (sulfide) groups is 1. The second-order valence-corrected chi connectivity index (χ2v) is 4.90. The van der Waals surface area contributed by atoms with Gasteiger partial charge in [-0.15, -0.1) is 11.8 Å². The van der Waals surface area contributed by atoms with Gasteiger partial charge in [-0.05, 0) is 19.1 Å². The second-order valence-electron chi connectivity index (χ2n) is 3.80. The number of ether oxygens (including phenoxy) is 1. The summed E-state index contributed by atoms with van der Waals surface area (Å²) in [4.78, 5) is 23.0. The zero-order valence-electron chi connectivity index (χ0n) is 9.43. The number of rotatable bonds is 4. The van der Waals surface area contributed by atoms with Gasteiger partial charge < -0.3 is 10.1 Å². The lowest BCUT2D eigenvalue weighted by Crippen LogP contribution is -2.16. The highest BCUT2D eigenvalue weighted by atomic mass is 32.2. The number of hydrogen-bond donors (Lipinski definition) is 1. The first kappa shape index (κ1) is 12.0. The summed E-state index contributed by atoms with van der Waals surface area (Å²) < 4.78 is 5.02. The van der Waals surface area contributed by atoms with Gasteiger partial charge in [-0.2, -0.15) is 0 Å². The summed E-state index contributed by atoms with van der Waals surface area (Å²) in [6.07, 6.45) is -0.443. The van der Waals surface area contributed by atoms with Crippen LogP contribution in [0.1, 0.15) is 17.3 Å². The highest BCUT2D eigenvalue weighted by molar-refractivity contribution is 7.99. The van der Waals surface area contributed by atoms with Crippen molar-refractivity contribution in [3.8, 4) is 0 Å². The van der Waals surface area contributed by atoms with Crippen molar-refractivity contribution in [2.75, 3.05) is 12.3 Å². The lowest BCUT2D eigenvalue weighted by Gasteiger charge is -2.07. The molecule has 90 valence electrons. The minimum absolute atomic E-state index is 0.0569. The second kappa shape index (κ2) is 5.23. The number of carbonyl (C=O) groups excluding carboxylic acids is 2. The summed E-state index contributed by atoms with van der Waals surface area (Å²) >= 11 is 1.58. The van der Waals surface area contributed by atoms with Crippen LogP contribution in [0, 0.1) is 0 Å². The van der Waals surface area contributed by atoms with Gasteiger partial charge in [0.05, 0.1) is 6.54 Å². The van der Waals surface area contributed by atoms with Crippen molar-refractivity contribution in [2.45, 2.75) is 17.9 Å². The molecule has 17 heavy (non-hydrogen) atoms. The van der Waals surface area contributed by atoms with E-state index in [1.165, 1.54) is 0 Å². The standard InChI is InChI=1S/C12H13NO3S/c1-8(14)9-3-2-4-11(5-9)17-7-10-6-13-12(15)16-10/h2-5,10H,6-7H2,1H3,(H,13,15). The third-order valence-electron chi connectivity index (χ3n) is 2.42. The first-order valence-corrected chi connectivity index (χ1v) is 6.32. The van der Waals surface area contributed by atoms with Crippen LogP contribution in [0.25, 0.3) is 0 Å². The molecule has 1 fully saturated rings. The zero-order valence-corrected chi connectivity index (χ0v) is 10.3. The van der Waals surface area contributed by atoms with E-state index in [1.807, 2.05) is 18.2 Å². The molecule has 0 radical (unpaired) electrons. The van der Waals surface area contributed by atoms with E-state index in [4.69, 9.17) is 4.74 Å². The van der Waals surface area contributed by atoms with Gasteiger partial charge in [0.2, 0.25) is 0 Å². The van der Waals surface area contributed by atoms with Crippen LogP contribution in [0.4, 0.5) is 4.79 Å². The first-order chi connectivity index (χ1) is 8.15. The molecule has 1 aliphatic rings. The Balaban J connectivity index is 1.92. The highest BCUT2D eigenvalue weighted by Crippen LogP contribution is 2.21. The molecule has 1 aromatic carbocycles. The molecule has 0 aromatic heterocycles. The topological polar surface area (TPSA) is 55.4 Å². The third kappa shape index (κ3) is 3.23. The van der Waals surface area contributed by atoms with Crippen molar-refractivity contribution in [1.82, 2.24) is 5.32 Å². The van der Waals surface area contributed by atoms with Crippen LogP contribution < -0.4 is 5.32 Å². The van der Waals surface area contributed by atoms with Gasteiger partial charge >= 0.3 is 6.09 Å². The summed E-state index contributed by atoms with van der Waals surface area (Å²) in [5, 5.41) is 2.61. The van der Waals surface area contributed by atoms with Gasteiger partial charge in [-0.1, -0.05) is 12.1 Å². The number of Topliss-reactive ketones (excluding diaryl/α,β-unsaturated/α-hetero) is 1. The minimum atomic E-state index is -0.354. The quantitative estimate of drug-likeness (QED) is 0.657. The van der Waals surface area contributed by atoms with Gasteiger partial charge in [0.1, 0.15) is 6.10 Å². The van der Waals surface area contributed by atoms with E-state index >= 15 is 0 Å². The smallest absolute Gasteiger partial charge is 0.407 e. The van der Waals surface area contributed by atoms with Crippen LogP contribution in [0.2, 0.25) is 0 Å². The lowest BCUT2D eigenvalue weighted by atomic mass is 10.2. The molecule has 0 saturated carbocycles. The van der Waals surface area contributed by atoms with Gasteiger partial charge in [-0.25, -0.2) is 4.79 Å². The number of ketones is 1.